The van der Waals surface area contributed by atoms with Crippen LogP contribution in [0.25, 0.3) is 0 Å². The molecule has 1 unspecified atom stereocenters. The van der Waals surface area contributed by atoms with Crippen LogP contribution in [0.3, 0.4) is 0 Å². The molecule has 31 heavy (non-hydrogen) atoms. The summed E-state index contributed by atoms with van der Waals surface area (Å²) in [5, 5.41) is 12.4. The lowest BCUT2D eigenvalue weighted by molar-refractivity contribution is -0.117. The number of aromatic nitrogens is 1. The summed E-state index contributed by atoms with van der Waals surface area (Å²) in [7, 11) is 1.65. The molecule has 1 atom stereocenters. The molecule has 1 N–H and O–H groups in total. The van der Waals surface area contributed by atoms with Gasteiger partial charge in [0.25, 0.3) is 0 Å². The average molecular weight is 426 g/mol. The number of carbonyl (C=O) groups excluding carboxylic acids is 1. The van der Waals surface area contributed by atoms with Gasteiger partial charge in [-0.15, -0.1) is 0 Å². The number of amides is 1. The maximum absolute atomic E-state index is 14.1. The number of hydrogen-bond acceptors (Lipinski definition) is 4. The van der Waals surface area contributed by atoms with Crippen LogP contribution in [0.5, 0.6) is 0 Å². The molecular formula is C23H24F2N4O2. The van der Waals surface area contributed by atoms with Crippen molar-refractivity contribution in [3.05, 3.63) is 76.4 Å². The molecule has 1 amide bonds. The van der Waals surface area contributed by atoms with Gasteiger partial charge >= 0.3 is 0 Å². The number of anilines is 1. The van der Waals surface area contributed by atoms with Gasteiger partial charge in [0.05, 0.1) is 24.9 Å². The van der Waals surface area contributed by atoms with E-state index in [9.17, 15) is 18.8 Å². The van der Waals surface area contributed by atoms with Gasteiger partial charge in [-0.2, -0.15) is 5.26 Å². The minimum Gasteiger partial charge on any atom is -0.467 e. The quantitative estimate of drug-likeness (QED) is 0.603. The van der Waals surface area contributed by atoms with Crippen molar-refractivity contribution in [2.75, 3.05) is 18.9 Å². The maximum atomic E-state index is 14.1. The zero-order chi connectivity index (χ0) is 22.7. The monoisotopic (exact) mass is 426 g/mol. The molecule has 0 saturated heterocycles. The maximum Gasteiger partial charge on any atom is 0.239 e. The second kappa shape index (κ2) is 9.14. The van der Waals surface area contributed by atoms with Gasteiger partial charge in [0.2, 0.25) is 5.91 Å². The molecule has 0 saturated carbocycles. The van der Waals surface area contributed by atoms with Gasteiger partial charge in [0.15, 0.2) is 0 Å². The zero-order valence-corrected chi connectivity index (χ0v) is 17.9. The largest absolute Gasteiger partial charge is 0.467 e. The van der Waals surface area contributed by atoms with Crippen LogP contribution in [0.2, 0.25) is 0 Å². The molecule has 0 aliphatic carbocycles. The number of furan rings is 1. The van der Waals surface area contributed by atoms with E-state index >= 15 is 0 Å². The summed E-state index contributed by atoms with van der Waals surface area (Å²) in [5.41, 5.74) is 2.16. The van der Waals surface area contributed by atoms with Gasteiger partial charge in [-0.05, 0) is 63.7 Å². The normalized spacial score (nSPS) is 12.1. The summed E-state index contributed by atoms with van der Waals surface area (Å²) in [5.74, 6) is -0.379. The molecule has 2 aromatic heterocycles. The van der Waals surface area contributed by atoms with E-state index in [1.807, 2.05) is 24.5 Å². The molecule has 0 fully saturated rings. The van der Waals surface area contributed by atoms with Crippen LogP contribution in [0, 0.1) is 36.8 Å². The molecular weight excluding hydrogens is 402 g/mol. The molecule has 0 spiro atoms. The Morgan fingerprint density at radius 3 is 2.71 bits per heavy atom. The molecule has 3 aromatic rings. The first-order valence-electron chi connectivity index (χ1n) is 9.80. The van der Waals surface area contributed by atoms with Crippen LogP contribution in [0.15, 0.2) is 41.0 Å². The minimum absolute atomic E-state index is 0.0774. The van der Waals surface area contributed by atoms with Gasteiger partial charge in [0.1, 0.15) is 29.3 Å². The second-order valence-corrected chi connectivity index (χ2v) is 7.52. The molecule has 0 aliphatic heterocycles. The van der Waals surface area contributed by atoms with Crippen molar-refractivity contribution in [3.8, 4) is 6.07 Å². The summed E-state index contributed by atoms with van der Waals surface area (Å²) in [6, 6.07) is 8.46. The Bertz CT molecular complexity index is 1130. The molecule has 0 bridgehead atoms. The summed E-state index contributed by atoms with van der Waals surface area (Å²) >= 11 is 0. The molecule has 2 heterocycles. The summed E-state index contributed by atoms with van der Waals surface area (Å²) in [6.45, 7) is 5.67. The SMILES string of the molecule is Cc1c(C#N)c(NC(=O)CN(C)C(C)c2cc(F)ccc2F)n(Cc2ccco2)c1C. The topological polar surface area (TPSA) is 74.2 Å². The van der Waals surface area contributed by atoms with Crippen molar-refractivity contribution in [1.29, 1.82) is 5.26 Å². The van der Waals surface area contributed by atoms with Gasteiger partial charge in [-0.1, -0.05) is 0 Å². The Hall–Kier alpha value is -3.44. The Kier molecular flexibility index (Phi) is 6.56. The number of likely N-dealkylation sites (N-methyl/N-ethyl adjacent to an activating group) is 1. The van der Waals surface area contributed by atoms with Crippen LogP contribution >= 0.6 is 0 Å². The predicted molar refractivity (Wildman–Crippen MR) is 112 cm³/mol. The summed E-state index contributed by atoms with van der Waals surface area (Å²) in [6.07, 6.45) is 1.56. The van der Waals surface area contributed by atoms with Crippen molar-refractivity contribution in [2.24, 2.45) is 0 Å². The van der Waals surface area contributed by atoms with E-state index in [1.54, 1.807) is 31.2 Å². The third kappa shape index (κ3) is 4.67. The van der Waals surface area contributed by atoms with Crippen LogP contribution in [0.1, 0.15) is 41.1 Å². The van der Waals surface area contributed by atoms with Crippen molar-refractivity contribution in [2.45, 2.75) is 33.4 Å². The van der Waals surface area contributed by atoms with Crippen molar-refractivity contribution >= 4 is 11.7 Å². The molecule has 6 nitrogen and oxygen atoms in total. The molecule has 0 radical (unpaired) electrons. The molecule has 8 heteroatoms. The Morgan fingerprint density at radius 2 is 2.06 bits per heavy atom. The second-order valence-electron chi connectivity index (χ2n) is 7.52. The number of nitrogens with zero attached hydrogens (tertiary/aromatic N) is 3. The smallest absolute Gasteiger partial charge is 0.239 e. The lowest BCUT2D eigenvalue weighted by Crippen LogP contribution is -2.33. The van der Waals surface area contributed by atoms with Crippen molar-refractivity contribution in [3.63, 3.8) is 0 Å². The highest BCUT2D eigenvalue weighted by molar-refractivity contribution is 5.93. The van der Waals surface area contributed by atoms with E-state index in [4.69, 9.17) is 4.42 Å². The van der Waals surface area contributed by atoms with Crippen molar-refractivity contribution < 1.29 is 18.0 Å². The third-order valence-corrected chi connectivity index (χ3v) is 5.56. The standard InChI is InChI=1S/C23H24F2N4O2/c1-14-15(2)29(12-18-6-5-9-31-18)23(20(14)11-26)27-22(30)13-28(4)16(3)19-10-17(24)7-8-21(19)25/h5-10,16H,12-13H2,1-4H3,(H,27,30). The fourth-order valence-corrected chi connectivity index (χ4v) is 3.49. The number of benzene rings is 1. The first kappa shape index (κ1) is 22.2. The highest BCUT2D eigenvalue weighted by Crippen LogP contribution is 2.28. The van der Waals surface area contributed by atoms with Crippen LogP contribution < -0.4 is 5.32 Å². The van der Waals surface area contributed by atoms with Gasteiger partial charge in [-0.25, -0.2) is 8.78 Å². The molecule has 162 valence electrons. The van der Waals surface area contributed by atoms with E-state index in [1.165, 1.54) is 0 Å². The predicted octanol–water partition coefficient (Wildman–Crippen LogP) is 4.53. The fourth-order valence-electron chi connectivity index (χ4n) is 3.49. The number of nitrogens with one attached hydrogen (secondary N) is 1. The van der Waals surface area contributed by atoms with Crippen LogP contribution in [0.4, 0.5) is 14.6 Å². The van der Waals surface area contributed by atoms with E-state index in [2.05, 4.69) is 11.4 Å². The number of halogens is 2. The van der Waals surface area contributed by atoms with Gasteiger partial charge in [0, 0.05) is 17.3 Å². The number of carbonyl (C=O) groups is 1. The fraction of sp³-hybridized carbons (Fsp3) is 0.304. The Morgan fingerprint density at radius 1 is 1.32 bits per heavy atom. The zero-order valence-electron chi connectivity index (χ0n) is 17.9. The lowest BCUT2D eigenvalue weighted by Gasteiger charge is -2.25. The molecule has 3 rings (SSSR count). The molecule has 1 aromatic carbocycles. The molecule has 0 aliphatic rings. The highest BCUT2D eigenvalue weighted by atomic mass is 19.1. The Balaban J connectivity index is 1.80. The van der Waals surface area contributed by atoms with E-state index in [-0.39, 0.29) is 18.0 Å². The number of rotatable bonds is 7. The number of hydrogen-bond donors (Lipinski definition) is 1. The first-order valence-corrected chi connectivity index (χ1v) is 9.80. The summed E-state index contributed by atoms with van der Waals surface area (Å²) < 4.78 is 34.9. The van der Waals surface area contributed by atoms with Gasteiger partial charge in [-0.3, -0.25) is 9.69 Å². The highest BCUT2D eigenvalue weighted by Gasteiger charge is 2.23. The number of nitriles is 1. The first-order chi connectivity index (χ1) is 14.7. The van der Waals surface area contributed by atoms with Gasteiger partial charge < -0.3 is 14.3 Å². The van der Waals surface area contributed by atoms with Crippen molar-refractivity contribution in [1.82, 2.24) is 9.47 Å². The van der Waals surface area contributed by atoms with E-state index < -0.39 is 17.7 Å². The Labute approximate surface area is 179 Å². The van der Waals surface area contributed by atoms with E-state index in [0.717, 1.165) is 29.5 Å². The van der Waals surface area contributed by atoms with E-state index in [0.29, 0.717) is 23.7 Å². The minimum atomic E-state index is -0.540. The lowest BCUT2D eigenvalue weighted by atomic mass is 10.1. The third-order valence-electron chi connectivity index (χ3n) is 5.56. The van der Waals surface area contributed by atoms with Crippen LogP contribution in [-0.4, -0.2) is 29.0 Å². The van der Waals surface area contributed by atoms with Crippen LogP contribution in [-0.2, 0) is 11.3 Å². The summed E-state index contributed by atoms with van der Waals surface area (Å²) in [4.78, 5) is 14.4. The average Bonchev–Trinajstić information content (AvgIpc) is 3.32.